The summed E-state index contributed by atoms with van der Waals surface area (Å²) in [5, 5.41) is 2.69. The summed E-state index contributed by atoms with van der Waals surface area (Å²) in [5.41, 5.74) is 0.600. The maximum atomic E-state index is 11.4. The molecule has 1 aromatic carbocycles. The zero-order valence-electron chi connectivity index (χ0n) is 11.1. The minimum absolute atomic E-state index is 0.00570. The van der Waals surface area contributed by atoms with Gasteiger partial charge in [0.25, 0.3) is 0 Å². The number of rotatable bonds is 8. The molecule has 0 heterocycles. The summed E-state index contributed by atoms with van der Waals surface area (Å²) in [7, 11) is 0. The number of carbonyl (C=O) groups excluding carboxylic acids is 2. The predicted octanol–water partition coefficient (Wildman–Crippen LogP) is 2.35. The van der Waals surface area contributed by atoms with Crippen molar-refractivity contribution < 1.29 is 14.3 Å². The summed E-state index contributed by atoms with van der Waals surface area (Å²) in [4.78, 5) is 22.3. The van der Waals surface area contributed by atoms with Crippen LogP contribution in [0.2, 0.25) is 0 Å². The van der Waals surface area contributed by atoms with Gasteiger partial charge in [0.15, 0.2) is 5.78 Å². The van der Waals surface area contributed by atoms with E-state index in [-0.39, 0.29) is 11.7 Å². The predicted molar refractivity (Wildman–Crippen MR) is 74.4 cm³/mol. The van der Waals surface area contributed by atoms with Crippen LogP contribution in [0.15, 0.2) is 36.9 Å². The molecule has 1 N–H and O–H groups in total. The van der Waals surface area contributed by atoms with Crippen LogP contribution in [0.5, 0.6) is 5.75 Å². The van der Waals surface area contributed by atoms with Gasteiger partial charge in [-0.2, -0.15) is 0 Å². The van der Waals surface area contributed by atoms with Crippen molar-refractivity contribution in [3.8, 4) is 5.75 Å². The fourth-order valence-electron chi connectivity index (χ4n) is 1.58. The Kier molecular flexibility index (Phi) is 6.36. The number of ketones is 1. The van der Waals surface area contributed by atoms with Crippen molar-refractivity contribution in [2.24, 2.45) is 0 Å². The molecule has 0 unspecified atom stereocenters. The van der Waals surface area contributed by atoms with E-state index in [0.717, 1.165) is 12.8 Å². The Hall–Kier alpha value is -2.10. The molecule has 4 nitrogen and oxygen atoms in total. The first-order valence-electron chi connectivity index (χ1n) is 6.28. The van der Waals surface area contributed by atoms with E-state index in [4.69, 9.17) is 4.74 Å². The molecule has 1 rings (SSSR count). The van der Waals surface area contributed by atoms with Crippen molar-refractivity contribution in [2.45, 2.75) is 19.8 Å². The Morgan fingerprint density at radius 1 is 1.32 bits per heavy atom. The zero-order chi connectivity index (χ0) is 14.1. The topological polar surface area (TPSA) is 55.4 Å². The number of nitrogens with one attached hydrogen (secondary N) is 1. The van der Waals surface area contributed by atoms with Gasteiger partial charge in [-0.15, -0.1) is 0 Å². The lowest BCUT2D eigenvalue weighted by Gasteiger charge is -2.09. The van der Waals surface area contributed by atoms with Gasteiger partial charge in [-0.3, -0.25) is 9.59 Å². The second kappa shape index (κ2) is 8.08. The Morgan fingerprint density at radius 2 is 2.05 bits per heavy atom. The van der Waals surface area contributed by atoms with Crippen LogP contribution >= 0.6 is 0 Å². The van der Waals surface area contributed by atoms with E-state index in [2.05, 4.69) is 11.9 Å². The fraction of sp³-hybridized carbons (Fsp3) is 0.333. The number of hydrogen-bond donors (Lipinski definition) is 1. The highest BCUT2D eigenvalue weighted by atomic mass is 16.5. The van der Waals surface area contributed by atoms with Gasteiger partial charge in [0.05, 0.1) is 12.2 Å². The third kappa shape index (κ3) is 5.38. The number of unbranched alkanes of at least 4 members (excludes halogenated alkanes) is 1. The maximum Gasteiger partial charge on any atom is 0.243 e. The van der Waals surface area contributed by atoms with Crippen molar-refractivity contribution in [1.82, 2.24) is 5.32 Å². The summed E-state index contributed by atoms with van der Waals surface area (Å²) >= 11 is 0. The molecule has 0 atom stereocenters. The highest BCUT2D eigenvalue weighted by molar-refractivity contribution is 5.96. The quantitative estimate of drug-likeness (QED) is 0.444. The summed E-state index contributed by atoms with van der Waals surface area (Å²) < 4.78 is 5.58. The van der Waals surface area contributed by atoms with Crippen LogP contribution in [0.1, 0.15) is 30.1 Å². The van der Waals surface area contributed by atoms with E-state index < -0.39 is 0 Å². The van der Waals surface area contributed by atoms with E-state index in [1.165, 1.54) is 13.0 Å². The normalized spacial score (nSPS) is 9.74. The van der Waals surface area contributed by atoms with Gasteiger partial charge in [0, 0.05) is 6.54 Å². The third-order valence-corrected chi connectivity index (χ3v) is 2.58. The van der Waals surface area contributed by atoms with E-state index in [1.807, 2.05) is 12.1 Å². The van der Waals surface area contributed by atoms with Crippen LogP contribution in [-0.2, 0) is 4.79 Å². The Balaban J connectivity index is 2.28. The molecular weight excluding hydrogens is 242 g/mol. The molecule has 0 aliphatic heterocycles. The lowest BCUT2D eigenvalue weighted by molar-refractivity contribution is -0.116. The van der Waals surface area contributed by atoms with Crippen molar-refractivity contribution in [3.63, 3.8) is 0 Å². The molecule has 0 aliphatic rings. The molecule has 0 saturated heterocycles. The SMILES string of the molecule is C=CC(=O)NCCCCOc1ccccc1C(C)=O. The van der Waals surface area contributed by atoms with Crippen LogP contribution in [0, 0.1) is 0 Å². The Labute approximate surface area is 113 Å². The van der Waals surface area contributed by atoms with Crippen LogP contribution < -0.4 is 10.1 Å². The zero-order valence-corrected chi connectivity index (χ0v) is 11.1. The lowest BCUT2D eigenvalue weighted by atomic mass is 10.1. The summed E-state index contributed by atoms with van der Waals surface area (Å²) in [6.45, 7) is 6.02. The van der Waals surface area contributed by atoms with Gasteiger partial charge in [-0.1, -0.05) is 18.7 Å². The van der Waals surface area contributed by atoms with E-state index >= 15 is 0 Å². The average molecular weight is 261 g/mol. The molecule has 19 heavy (non-hydrogen) atoms. The molecule has 0 aromatic heterocycles. The van der Waals surface area contributed by atoms with Crippen molar-refractivity contribution in [1.29, 1.82) is 0 Å². The second-order valence-electron chi connectivity index (χ2n) is 4.10. The number of hydrogen-bond acceptors (Lipinski definition) is 3. The number of Topliss-reactive ketones (excluding diaryl/α,β-unsaturated/α-hetero) is 1. The average Bonchev–Trinajstić information content (AvgIpc) is 2.42. The van der Waals surface area contributed by atoms with Gasteiger partial charge in [0.2, 0.25) is 5.91 Å². The number of benzene rings is 1. The number of para-hydroxylation sites is 1. The molecule has 0 saturated carbocycles. The molecule has 0 bridgehead atoms. The molecule has 0 spiro atoms. The first-order valence-corrected chi connectivity index (χ1v) is 6.28. The van der Waals surface area contributed by atoms with Crippen LogP contribution in [0.4, 0.5) is 0 Å². The molecule has 4 heteroatoms. The van der Waals surface area contributed by atoms with Gasteiger partial charge in [-0.25, -0.2) is 0 Å². The van der Waals surface area contributed by atoms with Gasteiger partial charge in [-0.05, 0) is 38.0 Å². The van der Waals surface area contributed by atoms with E-state index in [9.17, 15) is 9.59 Å². The summed E-state index contributed by atoms with van der Waals surface area (Å²) in [6, 6.07) is 7.19. The van der Waals surface area contributed by atoms with E-state index in [0.29, 0.717) is 24.5 Å². The number of amides is 1. The second-order valence-corrected chi connectivity index (χ2v) is 4.10. The van der Waals surface area contributed by atoms with Gasteiger partial charge >= 0.3 is 0 Å². The van der Waals surface area contributed by atoms with Crippen molar-refractivity contribution in [3.05, 3.63) is 42.5 Å². The molecule has 102 valence electrons. The molecule has 0 aliphatic carbocycles. The molecule has 1 amide bonds. The molecule has 1 aromatic rings. The van der Waals surface area contributed by atoms with Crippen molar-refractivity contribution >= 4 is 11.7 Å². The number of carbonyl (C=O) groups is 2. The smallest absolute Gasteiger partial charge is 0.243 e. The minimum Gasteiger partial charge on any atom is -0.493 e. The van der Waals surface area contributed by atoms with E-state index in [1.54, 1.807) is 12.1 Å². The Morgan fingerprint density at radius 3 is 2.74 bits per heavy atom. The highest BCUT2D eigenvalue weighted by Gasteiger charge is 2.06. The van der Waals surface area contributed by atoms with Crippen molar-refractivity contribution in [2.75, 3.05) is 13.2 Å². The highest BCUT2D eigenvalue weighted by Crippen LogP contribution is 2.18. The van der Waals surface area contributed by atoms with Gasteiger partial charge < -0.3 is 10.1 Å². The monoisotopic (exact) mass is 261 g/mol. The summed E-state index contributed by atoms with van der Waals surface area (Å²) in [6.07, 6.45) is 2.88. The first kappa shape index (κ1) is 15.0. The largest absolute Gasteiger partial charge is 0.493 e. The molecule has 0 radical (unpaired) electrons. The fourth-order valence-corrected chi connectivity index (χ4v) is 1.58. The summed E-state index contributed by atoms with van der Waals surface area (Å²) in [5.74, 6) is 0.446. The Bertz CT molecular complexity index is 454. The van der Waals surface area contributed by atoms with Crippen LogP contribution in [0.3, 0.4) is 0 Å². The first-order chi connectivity index (χ1) is 9.15. The lowest BCUT2D eigenvalue weighted by Crippen LogP contribution is -2.22. The third-order valence-electron chi connectivity index (χ3n) is 2.58. The minimum atomic E-state index is -0.164. The standard InChI is InChI=1S/C15H19NO3/c1-3-15(18)16-10-6-7-11-19-14-9-5-4-8-13(14)12(2)17/h3-5,8-9H,1,6-7,10-11H2,2H3,(H,16,18). The number of ether oxygens (including phenoxy) is 1. The van der Waals surface area contributed by atoms with Crippen LogP contribution in [0.25, 0.3) is 0 Å². The van der Waals surface area contributed by atoms with Gasteiger partial charge in [0.1, 0.15) is 5.75 Å². The van der Waals surface area contributed by atoms with Crippen LogP contribution in [-0.4, -0.2) is 24.8 Å². The maximum absolute atomic E-state index is 11.4. The molecule has 0 fully saturated rings. The molecular formula is C15H19NO3.